The van der Waals surface area contributed by atoms with Crippen LogP contribution in [-0.2, 0) is 4.74 Å². The van der Waals surface area contributed by atoms with E-state index in [1.807, 2.05) is 0 Å². The first-order valence-corrected chi connectivity index (χ1v) is 11.6. The van der Waals surface area contributed by atoms with Gasteiger partial charge in [-0.3, -0.25) is 0 Å². The van der Waals surface area contributed by atoms with E-state index in [0.717, 1.165) is 49.0 Å². The van der Waals surface area contributed by atoms with E-state index in [1.54, 1.807) is 11.1 Å². The standard InChI is InChI=1S/C22H33IN2O/c1-17(2)19-9-7-18(8-10-19)15-25-14-12-22(16-23,11-13-24)26-21-6-4-3-5-20(21)25/h4,6-7,9,17H,3,5,8,10-16,24H2,1-2H3. The highest BCUT2D eigenvalue weighted by molar-refractivity contribution is 14.1. The summed E-state index contributed by atoms with van der Waals surface area (Å²) in [4.78, 5) is 2.59. The van der Waals surface area contributed by atoms with Gasteiger partial charge < -0.3 is 15.4 Å². The monoisotopic (exact) mass is 468 g/mol. The van der Waals surface area contributed by atoms with E-state index in [1.165, 1.54) is 18.5 Å². The number of allylic oxidation sites excluding steroid dienone is 6. The number of rotatable bonds is 6. The lowest BCUT2D eigenvalue weighted by Crippen LogP contribution is -2.38. The Hall–Kier alpha value is -0.750. The van der Waals surface area contributed by atoms with Gasteiger partial charge in [-0.1, -0.05) is 65.8 Å². The summed E-state index contributed by atoms with van der Waals surface area (Å²) in [6, 6.07) is 0. The van der Waals surface area contributed by atoms with Crippen molar-refractivity contribution in [1.29, 1.82) is 0 Å². The number of nitrogens with two attached hydrogens (primary N) is 1. The molecule has 1 atom stereocenters. The molecule has 0 amide bonds. The first kappa shape index (κ1) is 20.0. The summed E-state index contributed by atoms with van der Waals surface area (Å²) < 4.78 is 7.58. The van der Waals surface area contributed by atoms with Crippen LogP contribution in [0.2, 0.25) is 0 Å². The molecule has 0 saturated heterocycles. The van der Waals surface area contributed by atoms with Gasteiger partial charge in [0.05, 0.1) is 5.70 Å². The molecular weight excluding hydrogens is 435 g/mol. The highest BCUT2D eigenvalue weighted by atomic mass is 127. The maximum atomic E-state index is 6.59. The maximum absolute atomic E-state index is 6.59. The molecule has 0 aromatic heterocycles. The Morgan fingerprint density at radius 1 is 1.27 bits per heavy atom. The number of ether oxygens (including phenoxy) is 1. The number of nitrogens with zero attached hydrogens (tertiary/aromatic N) is 1. The summed E-state index contributed by atoms with van der Waals surface area (Å²) in [5.74, 6) is 1.76. The minimum absolute atomic E-state index is 0.113. The van der Waals surface area contributed by atoms with Gasteiger partial charge in [0.2, 0.25) is 0 Å². The van der Waals surface area contributed by atoms with Crippen molar-refractivity contribution in [3.8, 4) is 0 Å². The molecule has 1 unspecified atom stereocenters. The van der Waals surface area contributed by atoms with Crippen molar-refractivity contribution in [1.82, 2.24) is 4.90 Å². The van der Waals surface area contributed by atoms with Crippen molar-refractivity contribution in [3.63, 3.8) is 0 Å². The van der Waals surface area contributed by atoms with Gasteiger partial charge in [-0.05, 0) is 44.2 Å². The van der Waals surface area contributed by atoms with Gasteiger partial charge >= 0.3 is 0 Å². The lowest BCUT2D eigenvalue weighted by Gasteiger charge is -2.32. The van der Waals surface area contributed by atoms with Crippen molar-refractivity contribution >= 4 is 22.6 Å². The average molecular weight is 468 g/mol. The van der Waals surface area contributed by atoms with E-state index in [-0.39, 0.29) is 5.60 Å². The fourth-order valence-electron chi connectivity index (χ4n) is 4.12. The molecule has 0 bridgehead atoms. The molecule has 0 aromatic rings. The van der Waals surface area contributed by atoms with Gasteiger partial charge in [0, 0.05) is 30.4 Å². The molecule has 3 nitrogen and oxygen atoms in total. The van der Waals surface area contributed by atoms with Crippen LogP contribution in [-0.4, -0.2) is 34.6 Å². The van der Waals surface area contributed by atoms with Crippen molar-refractivity contribution in [2.45, 2.75) is 58.0 Å². The summed E-state index contributed by atoms with van der Waals surface area (Å²) in [7, 11) is 0. The van der Waals surface area contributed by atoms with Crippen LogP contribution in [0, 0.1) is 5.92 Å². The minimum atomic E-state index is -0.113. The summed E-state index contributed by atoms with van der Waals surface area (Å²) >= 11 is 2.47. The van der Waals surface area contributed by atoms with E-state index in [0.29, 0.717) is 12.5 Å². The number of halogens is 1. The Balaban J connectivity index is 1.80. The summed E-state index contributed by atoms with van der Waals surface area (Å²) in [5, 5.41) is 0. The zero-order chi connectivity index (χ0) is 18.6. The molecule has 0 aromatic carbocycles. The molecule has 0 radical (unpaired) electrons. The van der Waals surface area contributed by atoms with Crippen molar-refractivity contribution in [3.05, 3.63) is 46.9 Å². The second-order valence-corrected chi connectivity index (χ2v) is 8.86. The summed E-state index contributed by atoms with van der Waals surface area (Å²) in [6.45, 7) is 7.38. The smallest absolute Gasteiger partial charge is 0.138 e. The second-order valence-electron chi connectivity index (χ2n) is 8.10. The minimum Gasteiger partial charge on any atom is -0.485 e. The van der Waals surface area contributed by atoms with Gasteiger partial charge in [0.15, 0.2) is 0 Å². The first-order chi connectivity index (χ1) is 12.6. The highest BCUT2D eigenvalue weighted by Gasteiger charge is 2.36. The van der Waals surface area contributed by atoms with Crippen LogP contribution in [0.15, 0.2) is 46.9 Å². The first-order valence-electron chi connectivity index (χ1n) is 10.0. The molecule has 0 saturated carbocycles. The Labute approximate surface area is 172 Å². The number of hydrogen-bond donors (Lipinski definition) is 1. The summed E-state index contributed by atoms with van der Waals surface area (Å²) in [6.07, 6.45) is 15.8. The van der Waals surface area contributed by atoms with Crippen LogP contribution in [0.4, 0.5) is 0 Å². The molecule has 2 aliphatic carbocycles. The molecular formula is C22H33IN2O. The van der Waals surface area contributed by atoms with E-state index in [9.17, 15) is 0 Å². The Morgan fingerprint density at radius 2 is 2.12 bits per heavy atom. The van der Waals surface area contributed by atoms with Crippen LogP contribution in [0.5, 0.6) is 0 Å². The summed E-state index contributed by atoms with van der Waals surface area (Å²) in [5.41, 5.74) is 10.3. The molecule has 26 heavy (non-hydrogen) atoms. The average Bonchev–Trinajstić information content (AvgIpc) is 2.80. The lowest BCUT2D eigenvalue weighted by molar-refractivity contribution is 0.0225. The molecule has 0 fully saturated rings. The third-order valence-electron chi connectivity index (χ3n) is 5.89. The molecule has 144 valence electrons. The molecule has 4 heteroatoms. The van der Waals surface area contributed by atoms with Crippen LogP contribution < -0.4 is 5.73 Å². The largest absolute Gasteiger partial charge is 0.485 e. The second kappa shape index (κ2) is 8.96. The van der Waals surface area contributed by atoms with Gasteiger partial charge in [0.25, 0.3) is 0 Å². The zero-order valence-electron chi connectivity index (χ0n) is 16.3. The topological polar surface area (TPSA) is 38.5 Å². The van der Waals surface area contributed by atoms with Crippen LogP contribution in [0.1, 0.15) is 52.4 Å². The van der Waals surface area contributed by atoms with E-state index in [2.05, 4.69) is 65.6 Å². The molecule has 1 heterocycles. The predicted molar refractivity (Wildman–Crippen MR) is 118 cm³/mol. The molecule has 3 aliphatic rings. The zero-order valence-corrected chi connectivity index (χ0v) is 18.4. The quantitative estimate of drug-likeness (QED) is 0.436. The fourth-order valence-corrected chi connectivity index (χ4v) is 5.04. The number of alkyl halides is 1. The van der Waals surface area contributed by atoms with Gasteiger partial charge in [-0.15, -0.1) is 0 Å². The Bertz CT molecular complexity index is 632. The van der Waals surface area contributed by atoms with Crippen molar-refractivity contribution in [2.75, 3.05) is 24.1 Å². The Morgan fingerprint density at radius 3 is 2.77 bits per heavy atom. The maximum Gasteiger partial charge on any atom is 0.138 e. The van der Waals surface area contributed by atoms with Crippen LogP contribution in [0.3, 0.4) is 0 Å². The van der Waals surface area contributed by atoms with Crippen molar-refractivity contribution in [2.24, 2.45) is 11.7 Å². The molecule has 3 rings (SSSR count). The Kier molecular flexibility index (Phi) is 6.89. The van der Waals surface area contributed by atoms with Crippen molar-refractivity contribution < 1.29 is 4.74 Å². The van der Waals surface area contributed by atoms with Gasteiger partial charge in [-0.25, -0.2) is 0 Å². The third-order valence-corrected chi connectivity index (χ3v) is 7.28. The van der Waals surface area contributed by atoms with Crippen LogP contribution >= 0.6 is 22.6 Å². The molecule has 1 aliphatic heterocycles. The normalized spacial score (nSPS) is 26.3. The third kappa shape index (κ3) is 4.56. The molecule has 0 spiro atoms. The lowest BCUT2D eigenvalue weighted by atomic mass is 9.91. The fraction of sp³-hybridized carbons (Fsp3) is 0.636. The van der Waals surface area contributed by atoms with E-state index < -0.39 is 0 Å². The molecule has 2 N–H and O–H groups in total. The van der Waals surface area contributed by atoms with E-state index >= 15 is 0 Å². The van der Waals surface area contributed by atoms with Crippen LogP contribution in [0.25, 0.3) is 0 Å². The SMILES string of the molecule is CC(C)C1=CC=C(CN2CCC(CI)(CCN)OC3=C2CCC=C3)CC1. The number of hydrogen-bond acceptors (Lipinski definition) is 3. The predicted octanol–water partition coefficient (Wildman–Crippen LogP) is 5.10. The van der Waals surface area contributed by atoms with Gasteiger partial charge in [-0.2, -0.15) is 0 Å². The highest BCUT2D eigenvalue weighted by Crippen LogP contribution is 2.37. The van der Waals surface area contributed by atoms with Gasteiger partial charge in [0.1, 0.15) is 11.4 Å². The van der Waals surface area contributed by atoms with E-state index in [4.69, 9.17) is 10.5 Å².